The van der Waals surface area contributed by atoms with Crippen LogP contribution in [0.3, 0.4) is 0 Å². The molecular weight excluding hydrogens is 327 g/mol. The van der Waals surface area contributed by atoms with Crippen molar-refractivity contribution in [1.82, 2.24) is 15.2 Å². The Kier molecular flexibility index (Phi) is 3.98. The second-order valence-electron chi connectivity index (χ2n) is 3.49. The Morgan fingerprint density at radius 1 is 1.11 bits per heavy atom. The van der Waals surface area contributed by atoms with Gasteiger partial charge < -0.3 is 4.74 Å². The molecular formula is C11H7BrF3N3O. The highest BCUT2D eigenvalue weighted by atomic mass is 79.9. The number of aromatic nitrogens is 3. The van der Waals surface area contributed by atoms with Crippen molar-refractivity contribution in [3.8, 4) is 5.88 Å². The molecule has 0 bridgehead atoms. The third-order valence-electron chi connectivity index (χ3n) is 2.07. The van der Waals surface area contributed by atoms with E-state index in [1.54, 1.807) is 18.2 Å². The van der Waals surface area contributed by atoms with Gasteiger partial charge in [-0.05, 0) is 34.1 Å². The van der Waals surface area contributed by atoms with Gasteiger partial charge in [0.2, 0.25) is 5.88 Å². The summed E-state index contributed by atoms with van der Waals surface area (Å²) < 4.78 is 42.7. The van der Waals surface area contributed by atoms with Crippen LogP contribution in [0, 0.1) is 0 Å². The summed E-state index contributed by atoms with van der Waals surface area (Å²) in [6.45, 7) is -0.00537. The van der Waals surface area contributed by atoms with Crippen molar-refractivity contribution in [3.05, 3.63) is 46.3 Å². The standard InChI is InChI=1S/C11H7BrF3N3O/c12-9-2-1-3-10(16-9)19-6-7-4-5-8(18-17-7)11(13,14)15/h1-5H,6H2. The van der Waals surface area contributed by atoms with Gasteiger partial charge in [-0.1, -0.05) is 6.07 Å². The molecule has 0 saturated heterocycles. The summed E-state index contributed by atoms with van der Waals surface area (Å²) in [5.74, 6) is 0.344. The van der Waals surface area contributed by atoms with E-state index in [4.69, 9.17) is 4.74 Å². The van der Waals surface area contributed by atoms with E-state index in [2.05, 4.69) is 31.1 Å². The molecule has 0 aromatic carbocycles. The minimum atomic E-state index is -4.49. The molecule has 2 heterocycles. The van der Waals surface area contributed by atoms with Crippen LogP contribution in [0.1, 0.15) is 11.4 Å². The number of halogens is 4. The SMILES string of the molecule is FC(F)(F)c1ccc(COc2cccc(Br)n2)nn1. The van der Waals surface area contributed by atoms with Crippen LogP contribution >= 0.6 is 15.9 Å². The number of rotatable bonds is 3. The number of alkyl halides is 3. The van der Waals surface area contributed by atoms with Crippen molar-refractivity contribution in [2.75, 3.05) is 0 Å². The lowest BCUT2D eigenvalue weighted by Gasteiger charge is -2.06. The summed E-state index contributed by atoms with van der Waals surface area (Å²) in [6, 6.07) is 7.16. The molecule has 19 heavy (non-hydrogen) atoms. The molecule has 0 atom stereocenters. The molecule has 0 fully saturated rings. The first kappa shape index (κ1) is 13.7. The van der Waals surface area contributed by atoms with E-state index in [0.717, 1.165) is 6.07 Å². The van der Waals surface area contributed by atoms with Crippen LogP contribution in [0.5, 0.6) is 5.88 Å². The highest BCUT2D eigenvalue weighted by molar-refractivity contribution is 9.10. The van der Waals surface area contributed by atoms with Gasteiger partial charge in [0.25, 0.3) is 0 Å². The van der Waals surface area contributed by atoms with Gasteiger partial charge in [0, 0.05) is 6.07 Å². The minimum Gasteiger partial charge on any atom is -0.471 e. The van der Waals surface area contributed by atoms with Crippen molar-refractivity contribution in [3.63, 3.8) is 0 Å². The highest BCUT2D eigenvalue weighted by Gasteiger charge is 2.32. The maximum atomic E-state index is 12.3. The number of nitrogens with zero attached hydrogens (tertiary/aromatic N) is 3. The first-order valence-corrected chi connectivity index (χ1v) is 5.89. The second-order valence-corrected chi connectivity index (χ2v) is 4.31. The molecule has 0 spiro atoms. The second kappa shape index (κ2) is 5.52. The molecule has 0 aliphatic heterocycles. The fraction of sp³-hybridized carbons (Fsp3) is 0.182. The fourth-order valence-electron chi connectivity index (χ4n) is 1.21. The fourth-order valence-corrected chi connectivity index (χ4v) is 1.53. The minimum absolute atomic E-state index is 0.00537. The molecule has 2 aromatic rings. The van der Waals surface area contributed by atoms with Gasteiger partial charge in [0.05, 0.1) is 0 Å². The topological polar surface area (TPSA) is 47.9 Å². The van der Waals surface area contributed by atoms with Gasteiger partial charge in [0.1, 0.15) is 16.9 Å². The summed E-state index contributed by atoms with van der Waals surface area (Å²) in [6.07, 6.45) is -4.49. The molecule has 2 rings (SSSR count). The Hall–Kier alpha value is -1.70. The molecule has 0 radical (unpaired) electrons. The van der Waals surface area contributed by atoms with Crippen molar-refractivity contribution in [2.24, 2.45) is 0 Å². The first-order valence-electron chi connectivity index (χ1n) is 5.10. The van der Waals surface area contributed by atoms with E-state index >= 15 is 0 Å². The van der Waals surface area contributed by atoms with Crippen molar-refractivity contribution in [1.29, 1.82) is 0 Å². The summed E-state index contributed by atoms with van der Waals surface area (Å²) in [5, 5.41) is 6.54. The lowest BCUT2D eigenvalue weighted by molar-refractivity contribution is -0.141. The molecule has 8 heteroatoms. The molecule has 0 aliphatic carbocycles. The molecule has 0 unspecified atom stereocenters. The van der Waals surface area contributed by atoms with Crippen molar-refractivity contribution in [2.45, 2.75) is 12.8 Å². The smallest absolute Gasteiger partial charge is 0.435 e. The largest absolute Gasteiger partial charge is 0.471 e. The third kappa shape index (κ3) is 3.88. The number of pyridine rings is 1. The van der Waals surface area contributed by atoms with E-state index < -0.39 is 11.9 Å². The Morgan fingerprint density at radius 2 is 1.89 bits per heavy atom. The Morgan fingerprint density at radius 3 is 2.47 bits per heavy atom. The quantitative estimate of drug-likeness (QED) is 0.809. The summed E-state index contributed by atoms with van der Waals surface area (Å²) in [5.41, 5.74) is -0.744. The zero-order valence-corrected chi connectivity index (χ0v) is 10.9. The van der Waals surface area contributed by atoms with Crippen LogP contribution < -0.4 is 4.74 Å². The number of hydrogen-bond donors (Lipinski definition) is 0. The third-order valence-corrected chi connectivity index (χ3v) is 2.51. The maximum absolute atomic E-state index is 12.3. The van der Waals surface area contributed by atoms with Crippen LogP contribution in [0.4, 0.5) is 13.2 Å². The Bertz CT molecular complexity index is 560. The number of hydrogen-bond acceptors (Lipinski definition) is 4. The normalized spacial score (nSPS) is 11.4. The van der Waals surface area contributed by atoms with E-state index in [0.29, 0.717) is 10.5 Å². The van der Waals surface area contributed by atoms with Crippen LogP contribution in [0.2, 0.25) is 0 Å². The average molecular weight is 334 g/mol. The van der Waals surface area contributed by atoms with Gasteiger partial charge in [-0.3, -0.25) is 0 Å². The highest BCUT2D eigenvalue weighted by Crippen LogP contribution is 2.26. The Labute approximate surface area is 114 Å². The van der Waals surface area contributed by atoms with Crippen LogP contribution in [0.25, 0.3) is 0 Å². The zero-order chi connectivity index (χ0) is 13.9. The first-order chi connectivity index (χ1) is 8.95. The maximum Gasteiger partial charge on any atom is 0.435 e. The molecule has 0 saturated carbocycles. The molecule has 4 nitrogen and oxygen atoms in total. The Balaban J connectivity index is 2.01. The monoisotopic (exact) mass is 333 g/mol. The summed E-state index contributed by atoms with van der Waals surface area (Å²) in [4.78, 5) is 4.01. The zero-order valence-electron chi connectivity index (χ0n) is 9.36. The predicted octanol–water partition coefficient (Wildman–Crippen LogP) is 3.23. The molecule has 0 amide bonds. The van der Waals surface area contributed by atoms with Crippen LogP contribution in [-0.2, 0) is 12.8 Å². The molecule has 2 aromatic heterocycles. The average Bonchev–Trinajstić information content (AvgIpc) is 2.36. The van der Waals surface area contributed by atoms with Gasteiger partial charge in [0.15, 0.2) is 5.69 Å². The predicted molar refractivity (Wildman–Crippen MR) is 63.3 cm³/mol. The van der Waals surface area contributed by atoms with Gasteiger partial charge in [-0.2, -0.15) is 18.3 Å². The number of ether oxygens (including phenoxy) is 1. The summed E-state index contributed by atoms with van der Waals surface area (Å²) in [7, 11) is 0. The lowest BCUT2D eigenvalue weighted by Crippen LogP contribution is -2.10. The van der Waals surface area contributed by atoms with E-state index in [9.17, 15) is 13.2 Å². The molecule has 100 valence electrons. The van der Waals surface area contributed by atoms with E-state index in [1.807, 2.05) is 0 Å². The van der Waals surface area contributed by atoms with E-state index in [-0.39, 0.29) is 12.3 Å². The lowest BCUT2D eigenvalue weighted by atomic mass is 10.3. The summed E-state index contributed by atoms with van der Waals surface area (Å²) >= 11 is 3.18. The molecule has 0 N–H and O–H groups in total. The van der Waals surface area contributed by atoms with Gasteiger partial charge in [-0.15, -0.1) is 5.10 Å². The van der Waals surface area contributed by atoms with Gasteiger partial charge in [-0.25, -0.2) is 4.98 Å². The van der Waals surface area contributed by atoms with Crippen molar-refractivity contribution < 1.29 is 17.9 Å². The molecule has 0 aliphatic rings. The van der Waals surface area contributed by atoms with E-state index in [1.165, 1.54) is 6.07 Å². The van der Waals surface area contributed by atoms with Gasteiger partial charge >= 0.3 is 6.18 Å². The van der Waals surface area contributed by atoms with Crippen molar-refractivity contribution >= 4 is 15.9 Å². The van der Waals surface area contributed by atoms with Crippen LogP contribution in [0.15, 0.2) is 34.9 Å². The van der Waals surface area contributed by atoms with Crippen LogP contribution in [-0.4, -0.2) is 15.2 Å².